The van der Waals surface area contributed by atoms with Crippen LogP contribution in [0.1, 0.15) is 65.2 Å². The average Bonchev–Trinajstić information content (AvgIpc) is 2.69. The normalized spacial score (nSPS) is 19.6. The molecule has 0 radical (unpaired) electrons. The topological polar surface area (TPSA) is 56.8 Å². The Balaban J connectivity index is 1.84. The second-order valence-corrected chi connectivity index (χ2v) is 9.96. The molecule has 1 aliphatic rings. The number of fused-ring (bicyclic) bond motifs is 1. The molecule has 0 saturated carbocycles. The SMILES string of the molecule is CCOC1c2cc(NCc3ccc(F)cc3)ccc2OC(C)(C)C1OC(=O)CC(C)(C)C. The summed E-state index contributed by atoms with van der Waals surface area (Å²) in [5.41, 5.74) is 1.76. The van der Waals surface area contributed by atoms with E-state index < -0.39 is 17.8 Å². The molecule has 2 aromatic rings. The van der Waals surface area contributed by atoms with Crippen LogP contribution >= 0.6 is 0 Å². The first kappa shape index (κ1) is 24.1. The summed E-state index contributed by atoms with van der Waals surface area (Å²) in [6.07, 6.45) is -0.725. The number of carbonyl (C=O) groups is 1. The zero-order valence-corrected chi connectivity index (χ0v) is 19.8. The van der Waals surface area contributed by atoms with Crippen molar-refractivity contribution in [2.45, 2.75) is 72.3 Å². The van der Waals surface area contributed by atoms with Crippen molar-refractivity contribution in [3.05, 3.63) is 59.4 Å². The van der Waals surface area contributed by atoms with Crippen molar-refractivity contribution in [3.8, 4) is 5.75 Å². The van der Waals surface area contributed by atoms with Crippen LogP contribution in [0, 0.1) is 11.2 Å². The molecule has 0 aromatic heterocycles. The van der Waals surface area contributed by atoms with Gasteiger partial charge >= 0.3 is 5.97 Å². The summed E-state index contributed by atoms with van der Waals surface area (Å²) in [7, 11) is 0. The van der Waals surface area contributed by atoms with Crippen LogP contribution in [0.2, 0.25) is 0 Å². The van der Waals surface area contributed by atoms with Crippen molar-refractivity contribution >= 4 is 11.7 Å². The van der Waals surface area contributed by atoms with Crippen molar-refractivity contribution in [3.63, 3.8) is 0 Å². The molecular formula is C26H34FNO4. The lowest BCUT2D eigenvalue weighted by molar-refractivity contribution is -0.185. The van der Waals surface area contributed by atoms with Gasteiger partial charge in [0, 0.05) is 24.4 Å². The lowest BCUT2D eigenvalue weighted by Gasteiger charge is -2.44. The number of esters is 1. The Kier molecular flexibility index (Phi) is 7.13. The Labute approximate surface area is 190 Å². The maximum Gasteiger partial charge on any atom is 0.306 e. The highest BCUT2D eigenvalue weighted by molar-refractivity contribution is 5.70. The average molecular weight is 444 g/mol. The van der Waals surface area contributed by atoms with Crippen LogP contribution in [0.15, 0.2) is 42.5 Å². The maximum absolute atomic E-state index is 13.2. The molecule has 3 rings (SSSR count). The van der Waals surface area contributed by atoms with Gasteiger partial charge in [0.2, 0.25) is 0 Å². The highest BCUT2D eigenvalue weighted by Crippen LogP contribution is 2.44. The van der Waals surface area contributed by atoms with E-state index in [1.807, 2.05) is 59.7 Å². The zero-order valence-electron chi connectivity index (χ0n) is 19.8. The number of rotatable bonds is 7. The van der Waals surface area contributed by atoms with Gasteiger partial charge in [-0.15, -0.1) is 0 Å². The monoisotopic (exact) mass is 443 g/mol. The summed E-state index contributed by atoms with van der Waals surface area (Å²) in [6, 6.07) is 12.2. The lowest BCUT2D eigenvalue weighted by atomic mass is 9.87. The molecule has 0 amide bonds. The molecule has 6 heteroatoms. The van der Waals surface area contributed by atoms with E-state index in [4.69, 9.17) is 14.2 Å². The predicted molar refractivity (Wildman–Crippen MR) is 123 cm³/mol. The zero-order chi connectivity index (χ0) is 23.5. The summed E-state index contributed by atoms with van der Waals surface area (Å²) in [6.45, 7) is 12.8. The third kappa shape index (κ3) is 6.00. The van der Waals surface area contributed by atoms with Gasteiger partial charge in [-0.2, -0.15) is 0 Å². The first-order valence-electron chi connectivity index (χ1n) is 11.1. The van der Waals surface area contributed by atoms with Crippen molar-refractivity contribution in [2.24, 2.45) is 5.41 Å². The Morgan fingerprint density at radius 3 is 2.47 bits per heavy atom. The Bertz CT molecular complexity index is 934. The van der Waals surface area contributed by atoms with Crippen molar-refractivity contribution in [1.29, 1.82) is 0 Å². The number of carbonyl (C=O) groups excluding carboxylic acids is 1. The van der Waals surface area contributed by atoms with Gasteiger partial charge in [0.25, 0.3) is 0 Å². The number of ether oxygens (including phenoxy) is 3. The van der Waals surface area contributed by atoms with E-state index in [0.29, 0.717) is 25.3 Å². The van der Waals surface area contributed by atoms with Crippen molar-refractivity contribution in [1.82, 2.24) is 0 Å². The molecule has 32 heavy (non-hydrogen) atoms. The Morgan fingerprint density at radius 1 is 1.16 bits per heavy atom. The Morgan fingerprint density at radius 2 is 1.84 bits per heavy atom. The third-order valence-electron chi connectivity index (χ3n) is 5.34. The molecule has 1 N–H and O–H groups in total. The van der Waals surface area contributed by atoms with E-state index in [2.05, 4.69) is 5.32 Å². The number of hydrogen-bond donors (Lipinski definition) is 1. The molecule has 0 spiro atoms. The van der Waals surface area contributed by atoms with E-state index in [0.717, 1.165) is 16.8 Å². The fourth-order valence-electron chi connectivity index (χ4n) is 3.83. The number of halogens is 1. The van der Waals surface area contributed by atoms with E-state index >= 15 is 0 Å². The Hall–Kier alpha value is -2.60. The quantitative estimate of drug-likeness (QED) is 0.529. The molecule has 2 unspecified atom stereocenters. The summed E-state index contributed by atoms with van der Waals surface area (Å²) < 4.78 is 31.4. The largest absolute Gasteiger partial charge is 0.483 e. The minimum atomic E-state index is -0.747. The molecule has 0 fully saturated rings. The van der Waals surface area contributed by atoms with Gasteiger partial charge in [0.15, 0.2) is 6.10 Å². The fourth-order valence-corrected chi connectivity index (χ4v) is 3.83. The molecule has 1 aliphatic heterocycles. The van der Waals surface area contributed by atoms with E-state index in [9.17, 15) is 9.18 Å². The first-order valence-corrected chi connectivity index (χ1v) is 11.1. The third-order valence-corrected chi connectivity index (χ3v) is 5.34. The van der Waals surface area contributed by atoms with Crippen LogP contribution in [-0.4, -0.2) is 24.3 Å². The van der Waals surface area contributed by atoms with E-state index in [1.165, 1.54) is 12.1 Å². The number of anilines is 1. The predicted octanol–water partition coefficient (Wildman–Crippen LogP) is 6.03. The highest BCUT2D eigenvalue weighted by atomic mass is 19.1. The summed E-state index contributed by atoms with van der Waals surface area (Å²) in [4.78, 5) is 12.7. The van der Waals surface area contributed by atoms with Crippen LogP contribution in [-0.2, 0) is 20.8 Å². The maximum atomic E-state index is 13.2. The molecular weight excluding hydrogens is 409 g/mol. The summed E-state index contributed by atoms with van der Waals surface area (Å²) in [5.74, 6) is 0.190. The number of hydrogen-bond acceptors (Lipinski definition) is 5. The summed E-state index contributed by atoms with van der Waals surface area (Å²) >= 11 is 0. The van der Waals surface area contributed by atoms with Gasteiger partial charge in [-0.3, -0.25) is 4.79 Å². The van der Waals surface area contributed by atoms with E-state index in [-0.39, 0.29) is 17.2 Å². The second kappa shape index (κ2) is 9.49. The van der Waals surface area contributed by atoms with E-state index in [1.54, 1.807) is 12.1 Å². The molecule has 0 bridgehead atoms. The number of benzene rings is 2. The first-order chi connectivity index (χ1) is 15.0. The van der Waals surface area contributed by atoms with Crippen LogP contribution in [0.5, 0.6) is 5.75 Å². The van der Waals surface area contributed by atoms with Gasteiger partial charge < -0.3 is 19.5 Å². The molecule has 2 aromatic carbocycles. The van der Waals surface area contributed by atoms with Crippen molar-refractivity contribution < 1.29 is 23.4 Å². The van der Waals surface area contributed by atoms with Crippen LogP contribution in [0.4, 0.5) is 10.1 Å². The molecule has 1 heterocycles. The smallest absolute Gasteiger partial charge is 0.306 e. The van der Waals surface area contributed by atoms with Crippen molar-refractivity contribution in [2.75, 3.05) is 11.9 Å². The minimum absolute atomic E-state index is 0.173. The second-order valence-electron chi connectivity index (χ2n) is 9.96. The summed E-state index contributed by atoms with van der Waals surface area (Å²) in [5, 5.41) is 3.36. The molecule has 0 aliphatic carbocycles. The van der Waals surface area contributed by atoms with Gasteiger partial charge in [0.1, 0.15) is 23.3 Å². The van der Waals surface area contributed by atoms with Gasteiger partial charge in [-0.05, 0) is 62.1 Å². The number of nitrogens with one attached hydrogen (secondary N) is 1. The van der Waals surface area contributed by atoms with Gasteiger partial charge in [0.05, 0.1) is 6.42 Å². The van der Waals surface area contributed by atoms with Gasteiger partial charge in [-0.1, -0.05) is 32.9 Å². The van der Waals surface area contributed by atoms with Crippen LogP contribution < -0.4 is 10.1 Å². The fraction of sp³-hybridized carbons (Fsp3) is 0.500. The molecule has 5 nitrogen and oxygen atoms in total. The highest BCUT2D eigenvalue weighted by Gasteiger charge is 2.47. The van der Waals surface area contributed by atoms with Crippen LogP contribution in [0.3, 0.4) is 0 Å². The van der Waals surface area contributed by atoms with Gasteiger partial charge in [-0.25, -0.2) is 4.39 Å². The standard InChI is InChI=1S/C26H34FNO4/c1-7-30-23-20-14-19(28-16-17-8-10-18(27)11-9-17)12-13-21(20)32-26(5,6)24(23)31-22(29)15-25(2,3)4/h8-14,23-24,28H,7,15-16H2,1-6H3. The van der Waals surface area contributed by atoms with Crippen LogP contribution in [0.25, 0.3) is 0 Å². The molecule has 174 valence electrons. The molecule has 0 saturated heterocycles. The minimum Gasteiger partial charge on any atom is -0.483 e. The molecule has 2 atom stereocenters. The lowest BCUT2D eigenvalue weighted by Crippen LogP contribution is -2.52.